The number of nitrogens with zero attached hydrogens (tertiary/aromatic N) is 3. The number of Topliss-reactive ketones (excluding diaryl/α,β-unsaturated/α-hetero) is 1. The molecule has 0 unspecified atom stereocenters. The maximum atomic E-state index is 12.2. The molecule has 0 bridgehead atoms. The minimum absolute atomic E-state index is 0.0134. The molecule has 1 aliphatic heterocycles. The summed E-state index contributed by atoms with van der Waals surface area (Å²) in [6.07, 6.45) is 1.86. The molecule has 0 amide bonds. The van der Waals surface area contributed by atoms with E-state index in [4.69, 9.17) is 9.76 Å². The smallest absolute Gasteiger partial charge is 0.526 e. The van der Waals surface area contributed by atoms with Crippen LogP contribution in [0.5, 0.6) is 5.75 Å². The van der Waals surface area contributed by atoms with Crippen LogP contribution in [0.3, 0.4) is 0 Å². The highest BCUT2D eigenvalue weighted by Gasteiger charge is 2.37. The summed E-state index contributed by atoms with van der Waals surface area (Å²) in [5.41, 5.74) is 0.996. The van der Waals surface area contributed by atoms with Crippen LogP contribution in [0.15, 0.2) is 24.4 Å². The van der Waals surface area contributed by atoms with Crippen molar-refractivity contribution in [1.82, 2.24) is 15.0 Å². The van der Waals surface area contributed by atoms with Crippen LogP contribution in [0.4, 0.5) is 0 Å². The summed E-state index contributed by atoms with van der Waals surface area (Å²) < 4.78 is 6.68. The first kappa shape index (κ1) is 17.1. The van der Waals surface area contributed by atoms with Gasteiger partial charge in [0.1, 0.15) is 18.0 Å². The second-order valence-electron chi connectivity index (χ2n) is 5.88. The number of ketones is 1. The fraction of sp³-hybridized carbons (Fsp3) is 0.333. The molecule has 0 fully saturated rings. The third-order valence-electron chi connectivity index (χ3n) is 4.03. The van der Waals surface area contributed by atoms with E-state index in [1.54, 1.807) is 12.1 Å². The van der Waals surface area contributed by atoms with Crippen molar-refractivity contribution in [2.45, 2.75) is 31.8 Å². The molecule has 0 saturated carbocycles. The first-order chi connectivity index (χ1) is 12.0. The van der Waals surface area contributed by atoms with E-state index in [0.717, 1.165) is 0 Å². The Morgan fingerprint density at radius 1 is 1.40 bits per heavy atom. The van der Waals surface area contributed by atoms with Gasteiger partial charge in [0.05, 0.1) is 18.4 Å². The van der Waals surface area contributed by atoms with E-state index in [2.05, 4.69) is 10.3 Å². The molecule has 0 spiro atoms. The minimum atomic E-state index is -1.26. The van der Waals surface area contributed by atoms with Crippen LogP contribution in [0, 0.1) is 0 Å². The lowest BCUT2D eigenvalue weighted by Gasteiger charge is -2.27. The number of aromatic carboxylic acids is 1. The van der Waals surface area contributed by atoms with E-state index in [1.165, 1.54) is 16.9 Å². The van der Waals surface area contributed by atoms with E-state index in [9.17, 15) is 19.7 Å². The molecule has 2 aromatic rings. The normalized spacial score (nSPS) is 16.2. The molecule has 2 heterocycles. The van der Waals surface area contributed by atoms with Crippen molar-refractivity contribution in [3.05, 3.63) is 41.2 Å². The van der Waals surface area contributed by atoms with Crippen LogP contribution in [0.2, 0.25) is 5.82 Å². The number of carbonyl (C=O) groups is 2. The summed E-state index contributed by atoms with van der Waals surface area (Å²) in [6.45, 7) is -0.287. The second kappa shape index (κ2) is 7.03. The first-order valence-corrected chi connectivity index (χ1v) is 7.69. The third kappa shape index (κ3) is 3.70. The molecule has 1 atom stereocenters. The van der Waals surface area contributed by atoms with Gasteiger partial charge in [-0.1, -0.05) is 17.3 Å². The molecular formula is C15H16BN3O6. The number of hydrogen-bond acceptors (Lipinski definition) is 7. The van der Waals surface area contributed by atoms with Gasteiger partial charge in [0.15, 0.2) is 5.78 Å². The summed E-state index contributed by atoms with van der Waals surface area (Å²) in [7, 11) is -1.26. The largest absolute Gasteiger partial charge is 0.535 e. The number of aliphatic hydroxyl groups excluding tert-OH is 1. The predicted molar refractivity (Wildman–Crippen MR) is 85.0 cm³/mol. The van der Waals surface area contributed by atoms with E-state index in [-0.39, 0.29) is 36.7 Å². The molecular weight excluding hydrogens is 329 g/mol. The van der Waals surface area contributed by atoms with Gasteiger partial charge >= 0.3 is 13.1 Å². The molecule has 0 saturated heterocycles. The summed E-state index contributed by atoms with van der Waals surface area (Å²) in [5, 5.41) is 35.7. The molecule has 1 aromatic heterocycles. The number of carboxylic acid groups (broad SMARTS) is 1. The Labute approximate surface area is 143 Å². The summed E-state index contributed by atoms with van der Waals surface area (Å²) in [5.74, 6) is -1.65. The molecule has 3 N–H and O–H groups in total. The second-order valence-corrected chi connectivity index (χ2v) is 5.88. The highest BCUT2D eigenvalue weighted by Crippen LogP contribution is 2.36. The van der Waals surface area contributed by atoms with Crippen LogP contribution < -0.4 is 4.65 Å². The molecule has 0 aliphatic carbocycles. The Balaban J connectivity index is 1.68. The Hall–Kier alpha value is -2.72. The standard InChI is InChI=1S/C15H16BN3O6/c20-8-11-6-19(18-17-11)7-12(21)5-10-4-9-2-1-3-13(15(22)23)14(9)25-16(10)24/h1-3,6,10,20,24H,4-5,7-8H2,(H,22,23)/t10-/m1/s1. The highest BCUT2D eigenvalue weighted by molar-refractivity contribution is 6.47. The quantitative estimate of drug-likeness (QED) is 0.619. The number of para-hydroxylation sites is 1. The zero-order valence-corrected chi connectivity index (χ0v) is 13.2. The number of fused-ring (bicyclic) bond motifs is 1. The number of hydrogen-bond donors (Lipinski definition) is 3. The Morgan fingerprint density at radius 3 is 2.88 bits per heavy atom. The lowest BCUT2D eigenvalue weighted by molar-refractivity contribution is -0.120. The number of carbonyl (C=O) groups excluding carboxylic acids is 1. The SMILES string of the molecule is O=C(C[C@H]1Cc2cccc(C(=O)O)c2OB1O)Cn1cc(CO)nn1. The van der Waals surface area contributed by atoms with Gasteiger partial charge in [-0.05, 0) is 18.1 Å². The Bertz CT molecular complexity index is 808. The van der Waals surface area contributed by atoms with Gasteiger partial charge in [-0.2, -0.15) is 0 Å². The van der Waals surface area contributed by atoms with Gasteiger partial charge in [0, 0.05) is 12.2 Å². The van der Waals surface area contributed by atoms with Crippen LogP contribution in [-0.2, 0) is 24.4 Å². The topological polar surface area (TPSA) is 135 Å². The van der Waals surface area contributed by atoms with Gasteiger partial charge in [-0.25, -0.2) is 9.48 Å². The number of carboxylic acids is 1. The molecule has 9 nitrogen and oxygen atoms in total. The maximum absolute atomic E-state index is 12.2. The highest BCUT2D eigenvalue weighted by atomic mass is 16.5. The Morgan fingerprint density at radius 2 is 2.20 bits per heavy atom. The van der Waals surface area contributed by atoms with E-state index in [1.807, 2.05) is 0 Å². The molecule has 1 aromatic carbocycles. The van der Waals surface area contributed by atoms with Crippen molar-refractivity contribution in [3.8, 4) is 5.75 Å². The molecule has 3 rings (SSSR count). The third-order valence-corrected chi connectivity index (χ3v) is 4.03. The Kier molecular flexibility index (Phi) is 4.82. The van der Waals surface area contributed by atoms with Gasteiger partial charge in [-0.3, -0.25) is 4.79 Å². The number of aliphatic hydroxyl groups is 1. The van der Waals surface area contributed by atoms with Gasteiger partial charge < -0.3 is 19.9 Å². The predicted octanol–water partition coefficient (Wildman–Crippen LogP) is -0.0864. The van der Waals surface area contributed by atoms with Crippen molar-refractivity contribution < 1.29 is 29.5 Å². The van der Waals surface area contributed by atoms with Crippen molar-refractivity contribution in [2.24, 2.45) is 0 Å². The van der Waals surface area contributed by atoms with Gasteiger partial charge in [0.2, 0.25) is 0 Å². The van der Waals surface area contributed by atoms with Crippen molar-refractivity contribution in [1.29, 1.82) is 0 Å². The minimum Gasteiger partial charge on any atom is -0.535 e. The summed E-state index contributed by atoms with van der Waals surface area (Å²) in [6, 6.07) is 4.73. The van der Waals surface area contributed by atoms with Crippen LogP contribution >= 0.6 is 0 Å². The summed E-state index contributed by atoms with van der Waals surface area (Å²) in [4.78, 5) is 23.4. The van der Waals surface area contributed by atoms with Gasteiger partial charge in [0.25, 0.3) is 0 Å². The van der Waals surface area contributed by atoms with Crippen molar-refractivity contribution in [3.63, 3.8) is 0 Å². The number of rotatable bonds is 6. The van der Waals surface area contributed by atoms with E-state index in [0.29, 0.717) is 17.7 Å². The average molecular weight is 345 g/mol. The maximum Gasteiger partial charge on any atom is 0.526 e. The summed E-state index contributed by atoms with van der Waals surface area (Å²) >= 11 is 0. The van der Waals surface area contributed by atoms with Crippen LogP contribution in [-0.4, -0.2) is 49.1 Å². The molecule has 10 heteroatoms. The van der Waals surface area contributed by atoms with Crippen LogP contribution in [0.25, 0.3) is 0 Å². The zero-order chi connectivity index (χ0) is 18.0. The monoisotopic (exact) mass is 345 g/mol. The van der Waals surface area contributed by atoms with Crippen LogP contribution in [0.1, 0.15) is 28.0 Å². The fourth-order valence-electron chi connectivity index (χ4n) is 2.85. The van der Waals surface area contributed by atoms with E-state index >= 15 is 0 Å². The molecule has 130 valence electrons. The lowest BCUT2D eigenvalue weighted by Crippen LogP contribution is -2.36. The molecule has 25 heavy (non-hydrogen) atoms. The fourth-order valence-corrected chi connectivity index (χ4v) is 2.85. The lowest BCUT2D eigenvalue weighted by atomic mass is 9.64. The van der Waals surface area contributed by atoms with E-state index < -0.39 is 18.9 Å². The molecule has 0 radical (unpaired) electrons. The van der Waals surface area contributed by atoms with Gasteiger partial charge in [-0.15, -0.1) is 5.10 Å². The number of aromatic nitrogens is 3. The zero-order valence-electron chi connectivity index (χ0n) is 13.2. The average Bonchev–Trinajstić information content (AvgIpc) is 3.02. The van der Waals surface area contributed by atoms with Crippen molar-refractivity contribution >= 4 is 18.9 Å². The first-order valence-electron chi connectivity index (χ1n) is 7.69. The molecule has 1 aliphatic rings. The number of benzene rings is 1. The van der Waals surface area contributed by atoms with Crippen molar-refractivity contribution in [2.75, 3.05) is 0 Å².